The normalized spacial score (nSPS) is 15.0. The van der Waals surface area contributed by atoms with Crippen molar-refractivity contribution in [2.45, 2.75) is 31.9 Å². The maximum atomic E-state index is 11.7. The molecule has 1 aromatic carbocycles. The first kappa shape index (κ1) is 20.3. The van der Waals surface area contributed by atoms with Crippen LogP contribution in [0.3, 0.4) is 0 Å². The molecule has 1 fully saturated rings. The Morgan fingerprint density at radius 2 is 1.97 bits per heavy atom. The second-order valence-corrected chi connectivity index (χ2v) is 9.13. The van der Waals surface area contributed by atoms with Gasteiger partial charge in [-0.25, -0.2) is 13.4 Å². The molecule has 0 spiro atoms. The van der Waals surface area contributed by atoms with E-state index >= 15 is 0 Å². The number of nitrogens with zero attached hydrogens (tertiary/aromatic N) is 3. The molecule has 2 aromatic heterocycles. The number of benzene rings is 1. The van der Waals surface area contributed by atoms with Gasteiger partial charge in [0, 0.05) is 17.2 Å². The molecule has 0 amide bonds. The van der Waals surface area contributed by atoms with Crippen LogP contribution in [0.25, 0.3) is 11.3 Å². The third kappa shape index (κ3) is 4.42. The van der Waals surface area contributed by atoms with Crippen LogP contribution in [0.4, 0.5) is 17.3 Å². The van der Waals surface area contributed by atoms with E-state index in [0.717, 1.165) is 18.5 Å². The van der Waals surface area contributed by atoms with E-state index in [9.17, 15) is 13.5 Å². The second-order valence-electron chi connectivity index (χ2n) is 7.11. The first-order chi connectivity index (χ1) is 14.4. The van der Waals surface area contributed by atoms with Gasteiger partial charge in [-0.1, -0.05) is 12.1 Å². The number of hydrogen-bond donors (Lipinski definition) is 5. The number of aromatic amines is 1. The molecule has 0 saturated heterocycles. The average molecular weight is 430 g/mol. The number of aliphatic hydroxyl groups is 1. The summed E-state index contributed by atoms with van der Waals surface area (Å²) >= 11 is 0. The summed E-state index contributed by atoms with van der Waals surface area (Å²) < 4.78 is 25.9. The van der Waals surface area contributed by atoms with Gasteiger partial charge >= 0.3 is 0 Å². The zero-order valence-corrected chi connectivity index (χ0v) is 17.1. The van der Waals surface area contributed by atoms with Crippen LogP contribution in [0.5, 0.6) is 0 Å². The predicted octanol–water partition coefficient (Wildman–Crippen LogP) is 2.20. The molecule has 158 valence electrons. The Balaban J connectivity index is 1.57. The van der Waals surface area contributed by atoms with Gasteiger partial charge < -0.3 is 16.2 Å². The Bertz CT molecular complexity index is 1120. The molecule has 1 aliphatic carbocycles. The van der Waals surface area contributed by atoms with Crippen molar-refractivity contribution in [1.29, 1.82) is 0 Å². The van der Waals surface area contributed by atoms with Crippen molar-refractivity contribution < 1.29 is 13.5 Å². The molecule has 0 radical (unpaired) electrons. The number of nitrogens with two attached hydrogens (primary N) is 1. The highest BCUT2D eigenvalue weighted by Gasteiger charge is 2.25. The molecule has 11 heteroatoms. The van der Waals surface area contributed by atoms with E-state index in [1.807, 2.05) is 0 Å². The number of sulfonamides is 1. The molecule has 10 nitrogen and oxygen atoms in total. The van der Waals surface area contributed by atoms with Crippen LogP contribution in [0.15, 0.2) is 36.7 Å². The number of hydrogen-bond acceptors (Lipinski definition) is 8. The maximum Gasteiger partial charge on any atom is 0.232 e. The molecule has 2 heterocycles. The highest BCUT2D eigenvalue weighted by molar-refractivity contribution is 7.92. The Kier molecular flexibility index (Phi) is 5.41. The van der Waals surface area contributed by atoms with Crippen molar-refractivity contribution in [3.05, 3.63) is 47.9 Å². The third-order valence-electron chi connectivity index (χ3n) is 4.84. The fourth-order valence-electron chi connectivity index (χ4n) is 3.02. The number of nitrogens with one attached hydrogen (secondary N) is 3. The molecule has 30 heavy (non-hydrogen) atoms. The third-order valence-corrected chi connectivity index (χ3v) is 6.15. The van der Waals surface area contributed by atoms with Gasteiger partial charge in [0.05, 0.1) is 35.1 Å². The van der Waals surface area contributed by atoms with Crippen LogP contribution in [-0.2, 0) is 10.0 Å². The van der Waals surface area contributed by atoms with Gasteiger partial charge in [-0.2, -0.15) is 5.10 Å². The Labute approximate surface area is 174 Å². The summed E-state index contributed by atoms with van der Waals surface area (Å²) in [4.78, 5) is 8.77. The molecule has 6 N–H and O–H groups in total. The minimum absolute atomic E-state index is 0.0155. The summed E-state index contributed by atoms with van der Waals surface area (Å²) in [6, 6.07) is 6.68. The summed E-state index contributed by atoms with van der Waals surface area (Å²) in [5, 5.41) is 20.3. The lowest BCUT2D eigenvalue weighted by Crippen LogP contribution is -2.14. The standard InChI is InChI=1S/C19H23N7O3S/c1-2-30(28,29)26-13-7-5-12(6-8-13)17-16(18(20)27)19(25-24-17)23-15-10-21-14(9-22-15)11-3-4-11/h5-11,18,26-27H,2-4,20H2,1H3,(H2,22,23,24,25). The predicted molar refractivity (Wildman–Crippen MR) is 114 cm³/mol. The SMILES string of the molecule is CCS(=O)(=O)Nc1ccc(-c2[nH]nc(Nc3cnc(C4CC4)cn3)c2C(N)O)cc1. The van der Waals surface area contributed by atoms with Crippen molar-refractivity contribution in [2.24, 2.45) is 5.73 Å². The molecule has 0 bridgehead atoms. The van der Waals surface area contributed by atoms with E-state index in [-0.39, 0.29) is 5.75 Å². The fraction of sp³-hybridized carbons (Fsp3) is 0.316. The van der Waals surface area contributed by atoms with E-state index in [1.165, 1.54) is 0 Å². The van der Waals surface area contributed by atoms with Gasteiger partial charge in [0.25, 0.3) is 0 Å². The lowest BCUT2D eigenvalue weighted by molar-refractivity contribution is 0.187. The molecule has 4 rings (SSSR count). The van der Waals surface area contributed by atoms with Crippen LogP contribution < -0.4 is 15.8 Å². The van der Waals surface area contributed by atoms with Crippen molar-refractivity contribution >= 4 is 27.3 Å². The van der Waals surface area contributed by atoms with Gasteiger partial charge in [0.1, 0.15) is 12.0 Å². The topological polar surface area (TPSA) is 159 Å². The molecular weight excluding hydrogens is 406 g/mol. The zero-order valence-electron chi connectivity index (χ0n) is 16.3. The summed E-state index contributed by atoms with van der Waals surface area (Å²) in [7, 11) is -3.36. The highest BCUT2D eigenvalue weighted by atomic mass is 32.2. The molecule has 1 unspecified atom stereocenters. The summed E-state index contributed by atoms with van der Waals surface area (Å²) in [6.45, 7) is 1.56. The molecule has 3 aromatic rings. The van der Waals surface area contributed by atoms with E-state index in [2.05, 4.69) is 30.2 Å². The van der Waals surface area contributed by atoms with Crippen molar-refractivity contribution in [1.82, 2.24) is 20.2 Å². The summed E-state index contributed by atoms with van der Waals surface area (Å²) in [6.07, 6.45) is 4.36. The highest BCUT2D eigenvalue weighted by Crippen LogP contribution is 2.38. The molecule has 1 aliphatic rings. The Hall–Kier alpha value is -3.02. The smallest absolute Gasteiger partial charge is 0.232 e. The average Bonchev–Trinajstić information content (AvgIpc) is 3.49. The van der Waals surface area contributed by atoms with Crippen LogP contribution in [0.2, 0.25) is 0 Å². The van der Waals surface area contributed by atoms with E-state index in [4.69, 9.17) is 5.73 Å². The van der Waals surface area contributed by atoms with E-state index in [0.29, 0.717) is 40.1 Å². The first-order valence-corrected chi connectivity index (χ1v) is 11.2. The molecule has 1 atom stereocenters. The lowest BCUT2D eigenvalue weighted by Gasteiger charge is -2.11. The van der Waals surface area contributed by atoms with Crippen LogP contribution in [-0.4, -0.2) is 39.4 Å². The lowest BCUT2D eigenvalue weighted by atomic mass is 10.1. The van der Waals surface area contributed by atoms with E-state index in [1.54, 1.807) is 43.6 Å². The number of anilines is 3. The fourth-order valence-corrected chi connectivity index (χ4v) is 3.66. The van der Waals surface area contributed by atoms with Gasteiger partial charge in [0.15, 0.2) is 5.82 Å². The zero-order chi connectivity index (χ0) is 21.3. The Morgan fingerprint density at radius 1 is 1.23 bits per heavy atom. The Morgan fingerprint density at radius 3 is 2.53 bits per heavy atom. The van der Waals surface area contributed by atoms with Gasteiger partial charge in [-0.05, 0) is 31.9 Å². The summed E-state index contributed by atoms with van der Waals surface area (Å²) in [5.74, 6) is 1.32. The van der Waals surface area contributed by atoms with Gasteiger partial charge in [0.2, 0.25) is 10.0 Å². The van der Waals surface area contributed by atoms with Crippen molar-refractivity contribution in [3.8, 4) is 11.3 Å². The monoisotopic (exact) mass is 429 g/mol. The second kappa shape index (κ2) is 8.01. The first-order valence-electron chi connectivity index (χ1n) is 9.58. The maximum absolute atomic E-state index is 11.7. The largest absolute Gasteiger partial charge is 0.374 e. The van der Waals surface area contributed by atoms with Crippen LogP contribution in [0, 0.1) is 0 Å². The quantitative estimate of drug-likeness (QED) is 0.341. The molecule has 0 aliphatic heterocycles. The summed E-state index contributed by atoms with van der Waals surface area (Å²) in [5.41, 5.74) is 8.76. The van der Waals surface area contributed by atoms with Crippen molar-refractivity contribution in [3.63, 3.8) is 0 Å². The number of H-pyrrole nitrogens is 1. The molecular formula is C19H23N7O3S. The number of aliphatic hydroxyl groups excluding tert-OH is 1. The molecule has 1 saturated carbocycles. The minimum atomic E-state index is -3.36. The van der Waals surface area contributed by atoms with Gasteiger partial charge in [-0.3, -0.25) is 14.8 Å². The van der Waals surface area contributed by atoms with Gasteiger partial charge in [-0.15, -0.1) is 0 Å². The van der Waals surface area contributed by atoms with Crippen LogP contribution in [0.1, 0.15) is 43.2 Å². The van der Waals surface area contributed by atoms with E-state index < -0.39 is 16.3 Å². The number of rotatable bonds is 8. The van der Waals surface area contributed by atoms with Crippen LogP contribution >= 0.6 is 0 Å². The number of aromatic nitrogens is 4. The minimum Gasteiger partial charge on any atom is -0.374 e. The van der Waals surface area contributed by atoms with Crippen molar-refractivity contribution in [2.75, 3.05) is 15.8 Å².